The Balaban J connectivity index is 1.46. The smallest absolute Gasteiger partial charge is 0.267 e. The Morgan fingerprint density at radius 2 is 2.08 bits per heavy atom. The number of carbonyl (C=O) groups is 1. The molecule has 2 aromatic heterocycles. The predicted molar refractivity (Wildman–Crippen MR) is 93.6 cm³/mol. The van der Waals surface area contributed by atoms with E-state index >= 15 is 0 Å². The van der Waals surface area contributed by atoms with E-state index in [0.29, 0.717) is 25.8 Å². The van der Waals surface area contributed by atoms with Gasteiger partial charge < -0.3 is 19.0 Å². The molecule has 1 N–H and O–H groups in total. The van der Waals surface area contributed by atoms with E-state index < -0.39 is 0 Å². The van der Waals surface area contributed by atoms with Crippen LogP contribution in [0.2, 0.25) is 0 Å². The van der Waals surface area contributed by atoms with Crippen molar-refractivity contribution in [3.8, 4) is 0 Å². The third kappa shape index (κ3) is 3.65. The van der Waals surface area contributed by atoms with Crippen molar-refractivity contribution >= 4 is 5.91 Å². The number of nitrogens with zero attached hydrogens (tertiary/aromatic N) is 2. The van der Waals surface area contributed by atoms with Crippen molar-refractivity contribution in [2.24, 2.45) is 0 Å². The molecule has 6 heteroatoms. The Morgan fingerprint density at radius 3 is 2.76 bits per heavy atom. The topological polar surface area (TPSA) is 59.6 Å². The molecule has 2 aliphatic rings. The monoisotopic (exact) mass is 343 g/mol. The zero-order valence-electron chi connectivity index (χ0n) is 14.6. The van der Waals surface area contributed by atoms with Gasteiger partial charge in [-0.15, -0.1) is 0 Å². The molecule has 1 aliphatic heterocycles. The lowest BCUT2D eigenvalue weighted by molar-refractivity contribution is 0.0116. The van der Waals surface area contributed by atoms with Crippen LogP contribution >= 0.6 is 0 Å². The third-order valence-corrected chi connectivity index (χ3v) is 4.98. The lowest BCUT2D eigenvalue weighted by Gasteiger charge is -2.33. The third-order valence-electron chi connectivity index (χ3n) is 4.98. The number of morpholine rings is 1. The molecule has 1 unspecified atom stereocenters. The van der Waals surface area contributed by atoms with Gasteiger partial charge in [0, 0.05) is 31.9 Å². The van der Waals surface area contributed by atoms with Gasteiger partial charge in [0.25, 0.3) is 5.91 Å². The van der Waals surface area contributed by atoms with Gasteiger partial charge in [-0.1, -0.05) is 0 Å². The van der Waals surface area contributed by atoms with Crippen LogP contribution in [0.5, 0.6) is 0 Å². The van der Waals surface area contributed by atoms with Crippen LogP contribution in [0.15, 0.2) is 34.9 Å². The SMILES string of the molecule is Cc1ccc(C(CNC(=O)c2cccn2C2CC2)N2CCOCC2)o1. The van der Waals surface area contributed by atoms with Crippen LogP contribution in [0.3, 0.4) is 0 Å². The molecular formula is C19H25N3O3. The highest BCUT2D eigenvalue weighted by Gasteiger charge is 2.28. The van der Waals surface area contributed by atoms with E-state index in [1.165, 1.54) is 0 Å². The molecule has 6 nitrogen and oxygen atoms in total. The van der Waals surface area contributed by atoms with Crippen LogP contribution in [0.4, 0.5) is 0 Å². The van der Waals surface area contributed by atoms with Gasteiger partial charge in [-0.05, 0) is 44.0 Å². The first-order chi connectivity index (χ1) is 12.2. The van der Waals surface area contributed by atoms with Gasteiger partial charge in [-0.3, -0.25) is 9.69 Å². The Bertz CT molecular complexity index is 726. The molecule has 0 radical (unpaired) electrons. The summed E-state index contributed by atoms with van der Waals surface area (Å²) in [6, 6.07) is 8.36. The van der Waals surface area contributed by atoms with Gasteiger partial charge in [-0.25, -0.2) is 0 Å². The standard InChI is InChI=1S/C19H25N3O3/c1-14-4-7-18(25-14)17(21-9-11-24-12-10-21)13-20-19(23)16-3-2-8-22(16)15-5-6-15/h2-4,7-8,15,17H,5-6,9-13H2,1H3,(H,20,23). The molecule has 2 fully saturated rings. The summed E-state index contributed by atoms with van der Waals surface area (Å²) in [6.07, 6.45) is 4.33. The maximum atomic E-state index is 12.7. The molecule has 0 spiro atoms. The summed E-state index contributed by atoms with van der Waals surface area (Å²) < 4.78 is 13.4. The number of nitrogens with one attached hydrogen (secondary N) is 1. The normalized spacial score (nSPS) is 19.7. The van der Waals surface area contributed by atoms with Crippen molar-refractivity contribution in [3.63, 3.8) is 0 Å². The van der Waals surface area contributed by atoms with E-state index in [1.54, 1.807) is 0 Å². The maximum Gasteiger partial charge on any atom is 0.267 e. The highest BCUT2D eigenvalue weighted by molar-refractivity contribution is 5.92. The van der Waals surface area contributed by atoms with Crippen LogP contribution < -0.4 is 5.32 Å². The van der Waals surface area contributed by atoms with E-state index in [-0.39, 0.29) is 11.9 Å². The van der Waals surface area contributed by atoms with Crippen molar-refractivity contribution in [1.29, 1.82) is 0 Å². The molecule has 2 aromatic rings. The molecule has 134 valence electrons. The number of amides is 1. The molecule has 1 saturated heterocycles. The first-order valence-electron chi connectivity index (χ1n) is 9.05. The second kappa shape index (κ2) is 7.06. The Morgan fingerprint density at radius 1 is 1.28 bits per heavy atom. The number of rotatable bonds is 6. The van der Waals surface area contributed by atoms with E-state index in [1.807, 2.05) is 37.4 Å². The molecule has 0 aromatic carbocycles. The van der Waals surface area contributed by atoms with E-state index in [9.17, 15) is 4.79 Å². The first kappa shape index (κ1) is 16.4. The second-order valence-electron chi connectivity index (χ2n) is 6.85. The van der Waals surface area contributed by atoms with Crippen LogP contribution in [-0.4, -0.2) is 48.2 Å². The minimum atomic E-state index is -0.0153. The number of ether oxygens (including phenoxy) is 1. The second-order valence-corrected chi connectivity index (χ2v) is 6.85. The van der Waals surface area contributed by atoms with Gasteiger partial charge in [0.05, 0.1) is 19.3 Å². The summed E-state index contributed by atoms with van der Waals surface area (Å²) in [4.78, 5) is 15.0. The van der Waals surface area contributed by atoms with Crippen molar-refractivity contribution in [2.45, 2.75) is 31.8 Å². The largest absolute Gasteiger partial charge is 0.465 e. The number of hydrogen-bond donors (Lipinski definition) is 1. The Kier molecular flexibility index (Phi) is 4.63. The zero-order chi connectivity index (χ0) is 17.2. The van der Waals surface area contributed by atoms with Crippen molar-refractivity contribution in [2.75, 3.05) is 32.8 Å². The first-order valence-corrected chi connectivity index (χ1v) is 9.05. The molecule has 0 bridgehead atoms. The fraction of sp³-hybridized carbons (Fsp3) is 0.526. The predicted octanol–water partition coefficient (Wildman–Crippen LogP) is 2.53. The fourth-order valence-electron chi connectivity index (χ4n) is 3.47. The molecule has 1 atom stereocenters. The molecule has 25 heavy (non-hydrogen) atoms. The van der Waals surface area contributed by atoms with E-state index in [0.717, 1.165) is 43.1 Å². The van der Waals surface area contributed by atoms with Gasteiger partial charge in [0.2, 0.25) is 0 Å². The molecular weight excluding hydrogens is 318 g/mol. The molecule has 1 aliphatic carbocycles. The minimum Gasteiger partial charge on any atom is -0.465 e. The summed E-state index contributed by atoms with van der Waals surface area (Å²) in [5, 5.41) is 3.11. The van der Waals surface area contributed by atoms with Crippen molar-refractivity contribution in [3.05, 3.63) is 47.7 Å². The van der Waals surface area contributed by atoms with Gasteiger partial charge in [-0.2, -0.15) is 0 Å². The van der Waals surface area contributed by atoms with Crippen LogP contribution in [0.1, 0.15) is 46.9 Å². The fourth-order valence-corrected chi connectivity index (χ4v) is 3.47. The lowest BCUT2D eigenvalue weighted by Crippen LogP contribution is -2.43. The highest BCUT2D eigenvalue weighted by Crippen LogP contribution is 2.36. The minimum absolute atomic E-state index is 0.0153. The van der Waals surface area contributed by atoms with Gasteiger partial charge in [0.15, 0.2) is 0 Å². The molecule has 1 amide bonds. The zero-order valence-corrected chi connectivity index (χ0v) is 14.6. The number of carbonyl (C=O) groups excluding carboxylic acids is 1. The van der Waals surface area contributed by atoms with Gasteiger partial charge >= 0.3 is 0 Å². The van der Waals surface area contributed by atoms with Crippen LogP contribution in [0.25, 0.3) is 0 Å². The van der Waals surface area contributed by atoms with E-state index in [4.69, 9.17) is 9.15 Å². The number of aromatic nitrogens is 1. The summed E-state index contributed by atoms with van der Waals surface area (Å²) in [5.74, 6) is 1.78. The lowest BCUT2D eigenvalue weighted by atomic mass is 10.1. The summed E-state index contributed by atoms with van der Waals surface area (Å²) in [7, 11) is 0. The highest BCUT2D eigenvalue weighted by atomic mass is 16.5. The number of hydrogen-bond acceptors (Lipinski definition) is 4. The maximum absolute atomic E-state index is 12.7. The summed E-state index contributed by atoms with van der Waals surface area (Å²) in [6.45, 7) is 5.60. The average molecular weight is 343 g/mol. The average Bonchev–Trinajstić information content (AvgIpc) is 3.19. The number of aryl methyl sites for hydroxylation is 1. The molecule has 1 saturated carbocycles. The van der Waals surface area contributed by atoms with E-state index in [2.05, 4.69) is 14.8 Å². The summed E-state index contributed by atoms with van der Waals surface area (Å²) >= 11 is 0. The molecule has 4 rings (SSSR count). The van der Waals surface area contributed by atoms with Crippen molar-refractivity contribution in [1.82, 2.24) is 14.8 Å². The summed E-state index contributed by atoms with van der Waals surface area (Å²) in [5.41, 5.74) is 0.749. The number of furan rings is 1. The Labute approximate surface area is 147 Å². The van der Waals surface area contributed by atoms with Crippen LogP contribution in [0, 0.1) is 6.92 Å². The van der Waals surface area contributed by atoms with Crippen LogP contribution in [-0.2, 0) is 4.74 Å². The Hall–Kier alpha value is -2.05. The molecule has 3 heterocycles. The van der Waals surface area contributed by atoms with Crippen molar-refractivity contribution < 1.29 is 13.9 Å². The quantitative estimate of drug-likeness (QED) is 0.876. The van der Waals surface area contributed by atoms with Gasteiger partial charge in [0.1, 0.15) is 17.2 Å².